The summed E-state index contributed by atoms with van der Waals surface area (Å²) >= 11 is 1.62. The van der Waals surface area contributed by atoms with Gasteiger partial charge in [0.25, 0.3) is 0 Å². The first kappa shape index (κ1) is 11.1. The van der Waals surface area contributed by atoms with Crippen molar-refractivity contribution < 1.29 is 4.92 Å². The topological polar surface area (TPSA) is 46.4 Å². The number of rotatable bonds is 3. The van der Waals surface area contributed by atoms with Gasteiger partial charge in [-0.05, 0) is 31.4 Å². The Kier molecular flexibility index (Phi) is 3.56. The molecule has 16 heavy (non-hydrogen) atoms. The van der Waals surface area contributed by atoms with Crippen LogP contribution in [-0.2, 0) is 0 Å². The molecule has 86 valence electrons. The van der Waals surface area contributed by atoms with Gasteiger partial charge >= 0.3 is 0 Å². The van der Waals surface area contributed by atoms with E-state index in [1.54, 1.807) is 17.4 Å². The summed E-state index contributed by atoms with van der Waals surface area (Å²) in [5.74, 6) is 0. The van der Waals surface area contributed by atoms with Crippen LogP contribution in [0.25, 0.3) is 6.08 Å². The number of hydrogen-bond donors (Lipinski definition) is 0. The van der Waals surface area contributed by atoms with Gasteiger partial charge in [0.05, 0.1) is 9.92 Å². The van der Waals surface area contributed by atoms with Crippen molar-refractivity contribution in [3.05, 3.63) is 33.3 Å². The first-order valence-corrected chi connectivity index (χ1v) is 6.24. The van der Waals surface area contributed by atoms with Gasteiger partial charge in [-0.2, -0.15) is 0 Å². The van der Waals surface area contributed by atoms with Crippen molar-refractivity contribution in [1.29, 1.82) is 0 Å². The molecule has 5 heteroatoms. The summed E-state index contributed by atoms with van der Waals surface area (Å²) in [6, 6.07) is 3.99. The SMILES string of the molecule is O=[N+]([O-])C=Cc1ccc(N2CCCCC2)s1. The second kappa shape index (κ2) is 5.12. The smallest absolute Gasteiger partial charge is 0.235 e. The van der Waals surface area contributed by atoms with Gasteiger partial charge in [0.1, 0.15) is 0 Å². The van der Waals surface area contributed by atoms with Crippen LogP contribution in [0, 0.1) is 10.1 Å². The summed E-state index contributed by atoms with van der Waals surface area (Å²) in [5.41, 5.74) is 0. The Morgan fingerprint density at radius 2 is 2.06 bits per heavy atom. The molecule has 2 heterocycles. The van der Waals surface area contributed by atoms with Crippen LogP contribution in [0.1, 0.15) is 24.1 Å². The zero-order chi connectivity index (χ0) is 11.4. The molecule has 1 aromatic heterocycles. The molecule has 0 N–H and O–H groups in total. The van der Waals surface area contributed by atoms with Gasteiger partial charge in [-0.25, -0.2) is 0 Å². The van der Waals surface area contributed by atoms with Gasteiger partial charge in [-0.1, -0.05) is 0 Å². The fourth-order valence-electron chi connectivity index (χ4n) is 1.85. The van der Waals surface area contributed by atoms with Gasteiger partial charge in [0.15, 0.2) is 0 Å². The molecule has 1 aliphatic heterocycles. The lowest BCUT2D eigenvalue weighted by Gasteiger charge is -2.27. The predicted octanol–water partition coefficient (Wildman–Crippen LogP) is 2.99. The highest BCUT2D eigenvalue weighted by Crippen LogP contribution is 2.29. The van der Waals surface area contributed by atoms with E-state index in [0.717, 1.165) is 24.2 Å². The van der Waals surface area contributed by atoms with Crippen LogP contribution in [0.3, 0.4) is 0 Å². The average Bonchev–Trinajstić information content (AvgIpc) is 2.76. The number of hydrogen-bond acceptors (Lipinski definition) is 4. The minimum absolute atomic E-state index is 0.430. The van der Waals surface area contributed by atoms with Crippen molar-refractivity contribution in [3.8, 4) is 0 Å². The van der Waals surface area contributed by atoms with Crippen LogP contribution in [0.5, 0.6) is 0 Å². The van der Waals surface area contributed by atoms with Crippen LogP contribution in [0.2, 0.25) is 0 Å². The van der Waals surface area contributed by atoms with Gasteiger partial charge in [-0.3, -0.25) is 10.1 Å². The van der Waals surface area contributed by atoms with E-state index < -0.39 is 4.92 Å². The number of anilines is 1. The van der Waals surface area contributed by atoms with Crippen molar-refractivity contribution >= 4 is 22.4 Å². The molecule has 1 saturated heterocycles. The highest BCUT2D eigenvalue weighted by atomic mass is 32.1. The second-order valence-electron chi connectivity index (χ2n) is 3.82. The fraction of sp³-hybridized carbons (Fsp3) is 0.455. The number of nitrogens with zero attached hydrogens (tertiary/aromatic N) is 2. The maximum atomic E-state index is 10.2. The summed E-state index contributed by atoms with van der Waals surface area (Å²) in [4.78, 5) is 13.1. The Balaban J connectivity index is 2.03. The van der Waals surface area contributed by atoms with Crippen molar-refractivity contribution in [2.45, 2.75) is 19.3 Å². The Bertz CT molecular complexity index is 394. The summed E-state index contributed by atoms with van der Waals surface area (Å²) in [6.45, 7) is 2.22. The molecule has 2 rings (SSSR count). The van der Waals surface area contributed by atoms with Crippen LogP contribution >= 0.6 is 11.3 Å². The Morgan fingerprint density at radius 1 is 1.31 bits per heavy atom. The van der Waals surface area contributed by atoms with Crippen molar-refractivity contribution in [3.63, 3.8) is 0 Å². The van der Waals surface area contributed by atoms with Crippen LogP contribution < -0.4 is 4.90 Å². The molecular weight excluding hydrogens is 224 g/mol. The number of nitro groups is 1. The zero-order valence-electron chi connectivity index (χ0n) is 8.96. The molecule has 1 aromatic rings. The van der Waals surface area contributed by atoms with Crippen LogP contribution in [0.15, 0.2) is 18.3 Å². The molecule has 0 atom stereocenters. The minimum Gasteiger partial charge on any atom is -0.363 e. The lowest BCUT2D eigenvalue weighted by Crippen LogP contribution is -2.28. The molecule has 0 aliphatic carbocycles. The minimum atomic E-state index is -0.430. The van der Waals surface area contributed by atoms with E-state index in [-0.39, 0.29) is 0 Å². The summed E-state index contributed by atoms with van der Waals surface area (Å²) < 4.78 is 0. The molecule has 0 amide bonds. The van der Waals surface area contributed by atoms with Crippen LogP contribution in [-0.4, -0.2) is 18.0 Å². The predicted molar refractivity (Wildman–Crippen MR) is 66.4 cm³/mol. The van der Waals surface area contributed by atoms with Gasteiger partial charge in [0.2, 0.25) is 6.20 Å². The third kappa shape index (κ3) is 2.82. The van der Waals surface area contributed by atoms with Crippen molar-refractivity contribution in [2.75, 3.05) is 18.0 Å². The van der Waals surface area contributed by atoms with Gasteiger partial charge in [-0.15, -0.1) is 11.3 Å². The summed E-state index contributed by atoms with van der Waals surface area (Å²) in [5, 5.41) is 11.4. The molecule has 1 fully saturated rings. The molecule has 4 nitrogen and oxygen atoms in total. The lowest BCUT2D eigenvalue weighted by molar-refractivity contribution is -0.400. The summed E-state index contributed by atoms with van der Waals surface area (Å²) in [7, 11) is 0. The highest BCUT2D eigenvalue weighted by molar-refractivity contribution is 7.16. The highest BCUT2D eigenvalue weighted by Gasteiger charge is 2.12. The first-order valence-electron chi connectivity index (χ1n) is 5.42. The maximum absolute atomic E-state index is 10.2. The molecule has 0 radical (unpaired) electrons. The van der Waals surface area contributed by atoms with E-state index in [0.29, 0.717) is 0 Å². The average molecular weight is 238 g/mol. The van der Waals surface area contributed by atoms with E-state index >= 15 is 0 Å². The van der Waals surface area contributed by atoms with E-state index in [9.17, 15) is 10.1 Å². The lowest BCUT2D eigenvalue weighted by atomic mass is 10.1. The van der Waals surface area contributed by atoms with Gasteiger partial charge in [0, 0.05) is 24.0 Å². The maximum Gasteiger partial charge on any atom is 0.235 e. The Morgan fingerprint density at radius 3 is 2.75 bits per heavy atom. The fourth-order valence-corrected chi connectivity index (χ4v) is 2.80. The largest absolute Gasteiger partial charge is 0.363 e. The molecule has 0 bridgehead atoms. The Labute approximate surface area is 98.3 Å². The van der Waals surface area contributed by atoms with Gasteiger partial charge < -0.3 is 4.90 Å². The molecule has 0 unspecified atom stereocenters. The van der Waals surface area contributed by atoms with Crippen LogP contribution in [0.4, 0.5) is 5.00 Å². The number of piperidine rings is 1. The standard InChI is InChI=1S/C11H14N2O2S/c14-13(15)9-6-10-4-5-11(16-10)12-7-2-1-3-8-12/h4-6,9H,1-3,7-8H2. The third-order valence-corrected chi connectivity index (χ3v) is 3.75. The quantitative estimate of drug-likeness (QED) is 0.600. The van der Waals surface area contributed by atoms with Crippen molar-refractivity contribution in [1.82, 2.24) is 0 Å². The van der Waals surface area contributed by atoms with E-state index in [1.165, 1.54) is 24.3 Å². The zero-order valence-corrected chi connectivity index (χ0v) is 9.78. The third-order valence-electron chi connectivity index (χ3n) is 2.64. The molecular formula is C11H14N2O2S. The molecule has 0 saturated carbocycles. The molecule has 0 aromatic carbocycles. The second-order valence-corrected chi connectivity index (χ2v) is 4.92. The van der Waals surface area contributed by atoms with E-state index in [4.69, 9.17) is 0 Å². The Hall–Kier alpha value is -1.36. The first-order chi connectivity index (χ1) is 7.75. The van der Waals surface area contributed by atoms with E-state index in [1.807, 2.05) is 6.07 Å². The monoisotopic (exact) mass is 238 g/mol. The normalized spacial score (nSPS) is 16.9. The molecule has 0 spiro atoms. The number of thiophene rings is 1. The summed E-state index contributed by atoms with van der Waals surface area (Å²) in [6.07, 6.45) is 6.36. The van der Waals surface area contributed by atoms with Crippen molar-refractivity contribution in [2.24, 2.45) is 0 Å². The molecule has 1 aliphatic rings. The van der Waals surface area contributed by atoms with E-state index in [2.05, 4.69) is 11.0 Å².